The second kappa shape index (κ2) is 5.27. The zero-order valence-electron chi connectivity index (χ0n) is 10.3. The summed E-state index contributed by atoms with van der Waals surface area (Å²) in [5.74, 6) is 0.0667. The second-order valence-electron chi connectivity index (χ2n) is 4.44. The Kier molecular flexibility index (Phi) is 3.74. The molecule has 17 heavy (non-hydrogen) atoms. The Morgan fingerprint density at radius 3 is 3.06 bits per heavy atom. The summed E-state index contributed by atoms with van der Waals surface area (Å²) in [7, 11) is 1.68. The van der Waals surface area contributed by atoms with Crippen LogP contribution in [0.4, 0.5) is 0 Å². The van der Waals surface area contributed by atoms with Gasteiger partial charge in [-0.3, -0.25) is 9.78 Å². The molecule has 2 heterocycles. The summed E-state index contributed by atoms with van der Waals surface area (Å²) < 4.78 is 5.15. The molecular formula is C13H18N2O2. The first-order valence-electron chi connectivity index (χ1n) is 5.95. The lowest BCUT2D eigenvalue weighted by molar-refractivity contribution is 0.0630. The number of ether oxygens (including phenoxy) is 1. The summed E-state index contributed by atoms with van der Waals surface area (Å²) in [4.78, 5) is 18.3. The van der Waals surface area contributed by atoms with Gasteiger partial charge in [0.1, 0.15) is 0 Å². The average Bonchev–Trinajstić information content (AvgIpc) is 2.78. The van der Waals surface area contributed by atoms with Gasteiger partial charge in [-0.2, -0.15) is 0 Å². The van der Waals surface area contributed by atoms with Crippen molar-refractivity contribution in [1.82, 2.24) is 9.88 Å². The fourth-order valence-electron chi connectivity index (χ4n) is 2.23. The summed E-state index contributed by atoms with van der Waals surface area (Å²) in [5.41, 5.74) is 1.59. The highest BCUT2D eigenvalue weighted by molar-refractivity contribution is 5.94. The van der Waals surface area contributed by atoms with E-state index in [1.165, 1.54) is 0 Å². The maximum Gasteiger partial charge on any atom is 0.255 e. The van der Waals surface area contributed by atoms with Crippen LogP contribution in [0, 0.1) is 6.92 Å². The number of carbonyl (C=O) groups is 1. The van der Waals surface area contributed by atoms with Gasteiger partial charge in [0.05, 0.1) is 18.2 Å². The molecule has 1 unspecified atom stereocenters. The first-order valence-corrected chi connectivity index (χ1v) is 5.95. The molecule has 4 heteroatoms. The standard InChI is InChI=1S/C13H18N2O2/c1-10-5-6-11(8-14-10)13(16)15-7-3-4-12(15)9-17-2/h5-6,8,12H,3-4,7,9H2,1-2H3. The third kappa shape index (κ3) is 2.64. The number of amides is 1. The van der Waals surface area contributed by atoms with Crippen molar-refractivity contribution in [3.63, 3.8) is 0 Å². The highest BCUT2D eigenvalue weighted by Crippen LogP contribution is 2.20. The summed E-state index contributed by atoms with van der Waals surface area (Å²) in [6.45, 7) is 3.35. The fourth-order valence-corrected chi connectivity index (χ4v) is 2.23. The van der Waals surface area contributed by atoms with Crippen LogP contribution in [0.5, 0.6) is 0 Å². The Bertz CT molecular complexity index is 389. The fraction of sp³-hybridized carbons (Fsp3) is 0.538. The Morgan fingerprint density at radius 2 is 2.41 bits per heavy atom. The van der Waals surface area contributed by atoms with Gasteiger partial charge in [-0.15, -0.1) is 0 Å². The topological polar surface area (TPSA) is 42.4 Å². The predicted octanol–water partition coefficient (Wildman–Crippen LogP) is 1.64. The summed E-state index contributed by atoms with van der Waals surface area (Å²) in [6, 6.07) is 3.93. The van der Waals surface area contributed by atoms with Crippen molar-refractivity contribution in [2.24, 2.45) is 0 Å². The van der Waals surface area contributed by atoms with Gasteiger partial charge in [-0.25, -0.2) is 0 Å². The van der Waals surface area contributed by atoms with Gasteiger partial charge in [0.2, 0.25) is 0 Å². The highest BCUT2D eigenvalue weighted by atomic mass is 16.5. The van der Waals surface area contributed by atoms with Crippen LogP contribution in [-0.4, -0.2) is 42.1 Å². The van der Waals surface area contributed by atoms with Crippen LogP contribution in [0.1, 0.15) is 28.9 Å². The van der Waals surface area contributed by atoms with E-state index in [0.29, 0.717) is 12.2 Å². The van der Waals surface area contributed by atoms with Gasteiger partial charge in [-0.1, -0.05) is 0 Å². The summed E-state index contributed by atoms with van der Waals surface area (Å²) in [6.07, 6.45) is 3.73. The molecule has 1 amide bonds. The third-order valence-corrected chi connectivity index (χ3v) is 3.16. The number of carbonyl (C=O) groups excluding carboxylic acids is 1. The predicted molar refractivity (Wildman–Crippen MR) is 64.9 cm³/mol. The van der Waals surface area contributed by atoms with Crippen LogP contribution in [0.25, 0.3) is 0 Å². The molecule has 1 aromatic rings. The van der Waals surface area contributed by atoms with Crippen molar-refractivity contribution in [2.45, 2.75) is 25.8 Å². The molecule has 0 saturated carbocycles. The Hall–Kier alpha value is -1.42. The lowest BCUT2D eigenvalue weighted by Gasteiger charge is -2.24. The van der Waals surface area contributed by atoms with Crippen LogP contribution >= 0.6 is 0 Å². The summed E-state index contributed by atoms with van der Waals surface area (Å²) >= 11 is 0. The third-order valence-electron chi connectivity index (χ3n) is 3.16. The Balaban J connectivity index is 2.11. The smallest absolute Gasteiger partial charge is 0.255 e. The zero-order chi connectivity index (χ0) is 12.3. The number of hydrogen-bond donors (Lipinski definition) is 0. The van der Waals surface area contributed by atoms with Crippen LogP contribution in [-0.2, 0) is 4.74 Å². The van der Waals surface area contributed by atoms with Crippen LogP contribution in [0.15, 0.2) is 18.3 Å². The number of likely N-dealkylation sites (tertiary alicyclic amines) is 1. The van der Waals surface area contributed by atoms with Crippen LogP contribution in [0.3, 0.4) is 0 Å². The molecule has 0 bridgehead atoms. The van der Waals surface area contributed by atoms with E-state index < -0.39 is 0 Å². The van der Waals surface area contributed by atoms with E-state index >= 15 is 0 Å². The van der Waals surface area contributed by atoms with Crippen LogP contribution in [0.2, 0.25) is 0 Å². The molecule has 1 atom stereocenters. The molecular weight excluding hydrogens is 216 g/mol. The number of aryl methyl sites for hydroxylation is 1. The molecule has 92 valence electrons. The molecule has 4 nitrogen and oxygen atoms in total. The molecule has 0 aliphatic carbocycles. The number of rotatable bonds is 3. The van der Waals surface area contributed by atoms with E-state index in [-0.39, 0.29) is 11.9 Å². The van der Waals surface area contributed by atoms with Gasteiger partial charge in [0.25, 0.3) is 5.91 Å². The van der Waals surface area contributed by atoms with Gasteiger partial charge in [-0.05, 0) is 31.9 Å². The first kappa shape index (κ1) is 12.0. The van der Waals surface area contributed by atoms with Gasteiger partial charge in [0.15, 0.2) is 0 Å². The number of nitrogens with zero attached hydrogens (tertiary/aromatic N) is 2. The molecule has 1 fully saturated rings. The monoisotopic (exact) mass is 234 g/mol. The maximum absolute atomic E-state index is 12.3. The minimum absolute atomic E-state index is 0.0667. The van der Waals surface area contributed by atoms with Crippen molar-refractivity contribution in [1.29, 1.82) is 0 Å². The van der Waals surface area contributed by atoms with E-state index in [1.807, 2.05) is 24.0 Å². The van der Waals surface area contributed by atoms with E-state index in [0.717, 1.165) is 25.1 Å². The number of hydrogen-bond acceptors (Lipinski definition) is 3. The van der Waals surface area contributed by atoms with Crippen molar-refractivity contribution in [3.05, 3.63) is 29.6 Å². The van der Waals surface area contributed by atoms with E-state index in [2.05, 4.69) is 4.98 Å². The summed E-state index contributed by atoms with van der Waals surface area (Å²) in [5, 5.41) is 0. The van der Waals surface area contributed by atoms with Crippen molar-refractivity contribution in [2.75, 3.05) is 20.3 Å². The molecule has 2 rings (SSSR count). The lowest BCUT2D eigenvalue weighted by Crippen LogP contribution is -2.38. The van der Waals surface area contributed by atoms with E-state index in [1.54, 1.807) is 13.3 Å². The maximum atomic E-state index is 12.3. The van der Waals surface area contributed by atoms with Crippen molar-refractivity contribution >= 4 is 5.91 Å². The van der Waals surface area contributed by atoms with Gasteiger partial charge < -0.3 is 9.64 Å². The SMILES string of the molecule is COCC1CCCN1C(=O)c1ccc(C)nc1. The van der Waals surface area contributed by atoms with Crippen molar-refractivity contribution in [3.8, 4) is 0 Å². The zero-order valence-corrected chi connectivity index (χ0v) is 10.3. The first-order chi connectivity index (χ1) is 8.22. The molecule has 1 saturated heterocycles. The van der Waals surface area contributed by atoms with Crippen molar-refractivity contribution < 1.29 is 9.53 Å². The quantitative estimate of drug-likeness (QED) is 0.798. The largest absolute Gasteiger partial charge is 0.383 e. The van der Waals surface area contributed by atoms with E-state index in [9.17, 15) is 4.79 Å². The molecule has 1 aliphatic heterocycles. The van der Waals surface area contributed by atoms with Gasteiger partial charge >= 0.3 is 0 Å². The van der Waals surface area contributed by atoms with Gasteiger partial charge in [0, 0.05) is 25.5 Å². The normalized spacial score (nSPS) is 19.6. The number of methoxy groups -OCH3 is 1. The molecule has 1 aliphatic rings. The Labute approximate surface area is 102 Å². The Morgan fingerprint density at radius 1 is 1.59 bits per heavy atom. The highest BCUT2D eigenvalue weighted by Gasteiger charge is 2.29. The molecule has 0 spiro atoms. The molecule has 0 radical (unpaired) electrons. The molecule has 0 aromatic carbocycles. The minimum atomic E-state index is 0.0667. The molecule has 1 aromatic heterocycles. The minimum Gasteiger partial charge on any atom is -0.383 e. The number of pyridine rings is 1. The van der Waals surface area contributed by atoms with E-state index in [4.69, 9.17) is 4.74 Å². The average molecular weight is 234 g/mol. The van der Waals surface area contributed by atoms with Crippen LogP contribution < -0.4 is 0 Å². The molecule has 0 N–H and O–H groups in total. The number of aromatic nitrogens is 1. The second-order valence-corrected chi connectivity index (χ2v) is 4.44. The lowest BCUT2D eigenvalue weighted by atomic mass is 10.2.